The first-order chi connectivity index (χ1) is 9.27. The molecule has 1 saturated heterocycles. The molecule has 2 aliphatic rings. The Labute approximate surface area is 112 Å². The summed E-state index contributed by atoms with van der Waals surface area (Å²) in [5, 5.41) is 0. The fourth-order valence-electron chi connectivity index (χ4n) is 2.66. The standard InChI is InChI=1S/C15H18O4/c16-13-6-7-15(18-8-9-19-15)10-14(13)17-11-12-4-2-1-3-5-12/h1-5,14H,6-11H2. The van der Waals surface area contributed by atoms with Gasteiger partial charge in [0.05, 0.1) is 19.8 Å². The van der Waals surface area contributed by atoms with Crippen LogP contribution < -0.4 is 0 Å². The zero-order chi connectivity index (χ0) is 13.1. The van der Waals surface area contributed by atoms with Gasteiger partial charge >= 0.3 is 0 Å². The first-order valence-corrected chi connectivity index (χ1v) is 6.74. The van der Waals surface area contributed by atoms with Crippen molar-refractivity contribution in [3.63, 3.8) is 0 Å². The van der Waals surface area contributed by atoms with E-state index >= 15 is 0 Å². The second-order valence-corrected chi connectivity index (χ2v) is 5.06. The van der Waals surface area contributed by atoms with Crippen molar-refractivity contribution < 1.29 is 19.0 Å². The molecule has 4 heteroatoms. The van der Waals surface area contributed by atoms with Crippen LogP contribution in [0.15, 0.2) is 30.3 Å². The van der Waals surface area contributed by atoms with Crippen LogP contribution in [0.2, 0.25) is 0 Å². The minimum atomic E-state index is -0.574. The molecular formula is C15H18O4. The van der Waals surface area contributed by atoms with Crippen LogP contribution in [0, 0.1) is 0 Å². The van der Waals surface area contributed by atoms with Crippen LogP contribution in [-0.2, 0) is 25.6 Å². The Hall–Kier alpha value is -1.23. The van der Waals surface area contributed by atoms with Gasteiger partial charge in [-0.15, -0.1) is 0 Å². The Balaban J connectivity index is 1.61. The molecule has 0 radical (unpaired) electrons. The number of carbonyl (C=O) groups excluding carboxylic acids is 1. The molecular weight excluding hydrogens is 244 g/mol. The van der Waals surface area contributed by atoms with Crippen LogP contribution >= 0.6 is 0 Å². The lowest BCUT2D eigenvalue weighted by Gasteiger charge is -2.35. The fraction of sp³-hybridized carbons (Fsp3) is 0.533. The third-order valence-corrected chi connectivity index (χ3v) is 3.72. The number of hydrogen-bond donors (Lipinski definition) is 0. The monoisotopic (exact) mass is 262 g/mol. The molecule has 0 bridgehead atoms. The minimum absolute atomic E-state index is 0.153. The van der Waals surface area contributed by atoms with Crippen molar-refractivity contribution >= 4 is 5.78 Å². The van der Waals surface area contributed by atoms with Crippen LogP contribution in [0.3, 0.4) is 0 Å². The number of Topliss-reactive ketones (excluding diaryl/α,β-unsaturated/α-hetero) is 1. The maximum atomic E-state index is 11.9. The van der Waals surface area contributed by atoms with E-state index in [0.29, 0.717) is 39.1 Å². The molecule has 1 saturated carbocycles. The van der Waals surface area contributed by atoms with Crippen LogP contribution in [0.1, 0.15) is 24.8 Å². The highest BCUT2D eigenvalue weighted by atomic mass is 16.7. The molecule has 1 unspecified atom stereocenters. The second kappa shape index (κ2) is 5.41. The quantitative estimate of drug-likeness (QED) is 0.836. The van der Waals surface area contributed by atoms with Crippen molar-refractivity contribution in [3.05, 3.63) is 35.9 Å². The zero-order valence-electron chi connectivity index (χ0n) is 10.8. The van der Waals surface area contributed by atoms with Gasteiger partial charge < -0.3 is 14.2 Å². The third kappa shape index (κ3) is 2.86. The van der Waals surface area contributed by atoms with Crippen molar-refractivity contribution in [2.24, 2.45) is 0 Å². The largest absolute Gasteiger partial charge is 0.366 e. The number of carbonyl (C=O) groups is 1. The van der Waals surface area contributed by atoms with E-state index in [0.717, 1.165) is 5.56 Å². The Bertz CT molecular complexity index is 437. The SMILES string of the molecule is O=C1CCC2(CC1OCc1ccccc1)OCCO2. The summed E-state index contributed by atoms with van der Waals surface area (Å²) in [7, 11) is 0. The summed E-state index contributed by atoms with van der Waals surface area (Å²) >= 11 is 0. The summed E-state index contributed by atoms with van der Waals surface area (Å²) in [5.74, 6) is -0.421. The predicted molar refractivity (Wildman–Crippen MR) is 68.5 cm³/mol. The molecule has 1 spiro atoms. The molecule has 1 aromatic carbocycles. The fourth-order valence-corrected chi connectivity index (χ4v) is 2.66. The Morgan fingerprint density at radius 3 is 2.68 bits per heavy atom. The lowest BCUT2D eigenvalue weighted by atomic mass is 9.90. The average Bonchev–Trinajstić information content (AvgIpc) is 2.90. The van der Waals surface area contributed by atoms with Gasteiger partial charge in [-0.1, -0.05) is 30.3 Å². The van der Waals surface area contributed by atoms with Crippen molar-refractivity contribution in [1.29, 1.82) is 0 Å². The van der Waals surface area contributed by atoms with E-state index in [2.05, 4.69) is 0 Å². The van der Waals surface area contributed by atoms with Crippen molar-refractivity contribution in [3.8, 4) is 0 Å². The van der Waals surface area contributed by atoms with Crippen LogP contribution in [-0.4, -0.2) is 30.9 Å². The maximum Gasteiger partial charge on any atom is 0.171 e. The smallest absolute Gasteiger partial charge is 0.171 e. The van der Waals surface area contributed by atoms with Crippen LogP contribution in [0.4, 0.5) is 0 Å². The van der Waals surface area contributed by atoms with E-state index in [1.165, 1.54) is 0 Å². The number of ketones is 1. The van der Waals surface area contributed by atoms with Crippen molar-refractivity contribution in [2.45, 2.75) is 37.8 Å². The van der Waals surface area contributed by atoms with Gasteiger partial charge in [-0.3, -0.25) is 4.79 Å². The Morgan fingerprint density at radius 1 is 1.21 bits per heavy atom. The Morgan fingerprint density at radius 2 is 1.95 bits per heavy atom. The van der Waals surface area contributed by atoms with Gasteiger partial charge in [0.2, 0.25) is 0 Å². The number of benzene rings is 1. The van der Waals surface area contributed by atoms with Crippen molar-refractivity contribution in [2.75, 3.05) is 13.2 Å². The Kier molecular flexibility index (Phi) is 3.64. The predicted octanol–water partition coefficient (Wildman–Crippen LogP) is 2.07. The molecule has 3 rings (SSSR count). The first kappa shape index (κ1) is 12.8. The molecule has 0 amide bonds. The van der Waals surface area contributed by atoms with Gasteiger partial charge in [-0.05, 0) is 5.56 Å². The topological polar surface area (TPSA) is 44.8 Å². The maximum absolute atomic E-state index is 11.9. The number of ether oxygens (including phenoxy) is 3. The highest BCUT2D eigenvalue weighted by Crippen LogP contribution is 2.35. The summed E-state index contributed by atoms with van der Waals surface area (Å²) in [4.78, 5) is 11.9. The normalized spacial score (nSPS) is 25.9. The lowest BCUT2D eigenvalue weighted by molar-refractivity contribution is -0.202. The zero-order valence-corrected chi connectivity index (χ0v) is 10.8. The summed E-state index contributed by atoms with van der Waals surface area (Å²) in [6.45, 7) is 1.67. The number of rotatable bonds is 3. The summed E-state index contributed by atoms with van der Waals surface area (Å²) in [6, 6.07) is 9.87. The van der Waals surface area contributed by atoms with E-state index in [9.17, 15) is 4.79 Å². The van der Waals surface area contributed by atoms with Crippen molar-refractivity contribution in [1.82, 2.24) is 0 Å². The molecule has 102 valence electrons. The average molecular weight is 262 g/mol. The summed E-state index contributed by atoms with van der Waals surface area (Å²) in [5.41, 5.74) is 1.07. The molecule has 0 aromatic heterocycles. The summed E-state index contributed by atoms with van der Waals surface area (Å²) < 4.78 is 17.1. The number of hydrogen-bond acceptors (Lipinski definition) is 4. The van der Waals surface area contributed by atoms with E-state index in [1.54, 1.807) is 0 Å². The lowest BCUT2D eigenvalue weighted by Crippen LogP contribution is -2.44. The molecule has 1 aromatic rings. The molecule has 0 N–H and O–H groups in total. The molecule has 1 aliphatic carbocycles. The molecule has 1 atom stereocenters. The van der Waals surface area contributed by atoms with E-state index in [1.807, 2.05) is 30.3 Å². The first-order valence-electron chi connectivity index (χ1n) is 6.74. The van der Waals surface area contributed by atoms with E-state index in [-0.39, 0.29) is 5.78 Å². The highest BCUT2D eigenvalue weighted by molar-refractivity contribution is 5.84. The minimum Gasteiger partial charge on any atom is -0.366 e. The summed E-state index contributed by atoms with van der Waals surface area (Å²) in [6.07, 6.45) is 1.22. The second-order valence-electron chi connectivity index (χ2n) is 5.06. The molecule has 19 heavy (non-hydrogen) atoms. The van der Waals surface area contributed by atoms with Crippen LogP contribution in [0.5, 0.6) is 0 Å². The molecule has 2 fully saturated rings. The van der Waals surface area contributed by atoms with Gasteiger partial charge in [0, 0.05) is 19.3 Å². The van der Waals surface area contributed by atoms with Gasteiger partial charge in [0.1, 0.15) is 6.10 Å². The van der Waals surface area contributed by atoms with Gasteiger partial charge in [0.15, 0.2) is 11.6 Å². The van der Waals surface area contributed by atoms with E-state index < -0.39 is 11.9 Å². The molecule has 4 nitrogen and oxygen atoms in total. The third-order valence-electron chi connectivity index (χ3n) is 3.72. The van der Waals surface area contributed by atoms with E-state index in [4.69, 9.17) is 14.2 Å². The molecule has 1 heterocycles. The van der Waals surface area contributed by atoms with Gasteiger partial charge in [0.25, 0.3) is 0 Å². The van der Waals surface area contributed by atoms with Crippen LogP contribution in [0.25, 0.3) is 0 Å². The molecule has 1 aliphatic heterocycles. The van der Waals surface area contributed by atoms with Gasteiger partial charge in [-0.2, -0.15) is 0 Å². The van der Waals surface area contributed by atoms with Gasteiger partial charge in [-0.25, -0.2) is 0 Å². The highest BCUT2D eigenvalue weighted by Gasteiger charge is 2.45.